The first-order chi connectivity index (χ1) is 10.3. The Morgan fingerprint density at radius 3 is 2.95 bits per heavy atom. The second-order valence-corrected chi connectivity index (χ2v) is 7.09. The highest BCUT2D eigenvalue weighted by molar-refractivity contribution is 7.14. The van der Waals surface area contributed by atoms with Crippen LogP contribution in [-0.2, 0) is 17.7 Å². The smallest absolute Gasteiger partial charge is 0.261 e. The van der Waals surface area contributed by atoms with Crippen LogP contribution in [0.4, 0.5) is 0 Å². The zero-order valence-electron chi connectivity index (χ0n) is 11.8. The fourth-order valence-electron chi connectivity index (χ4n) is 2.20. The molecular weight excluding hydrogens is 306 g/mol. The summed E-state index contributed by atoms with van der Waals surface area (Å²) in [5.41, 5.74) is 0. The van der Waals surface area contributed by atoms with Crippen molar-refractivity contribution in [3.63, 3.8) is 0 Å². The Morgan fingerprint density at radius 2 is 2.24 bits per heavy atom. The van der Waals surface area contributed by atoms with Gasteiger partial charge in [0, 0.05) is 11.5 Å². The molecule has 0 radical (unpaired) electrons. The predicted octanol–water partition coefficient (Wildman–Crippen LogP) is 2.94. The maximum atomic E-state index is 12.1. The summed E-state index contributed by atoms with van der Waals surface area (Å²) in [5.74, 6) is -0.0579. The minimum Gasteiger partial charge on any atom is -0.373 e. The molecule has 7 heteroatoms. The van der Waals surface area contributed by atoms with Gasteiger partial charge in [-0.05, 0) is 31.4 Å². The van der Waals surface area contributed by atoms with E-state index in [9.17, 15) is 4.79 Å². The van der Waals surface area contributed by atoms with Crippen molar-refractivity contribution in [2.75, 3.05) is 6.61 Å². The summed E-state index contributed by atoms with van der Waals surface area (Å²) in [6.07, 6.45) is 3.20. The number of rotatable bonds is 5. The van der Waals surface area contributed by atoms with E-state index in [1.807, 2.05) is 19.1 Å². The second-order valence-electron chi connectivity index (χ2n) is 4.83. The molecule has 3 rings (SSSR count). The number of carbonyl (C=O) groups excluding carboxylic acids is 1. The lowest BCUT2D eigenvalue weighted by atomic mass is 10.2. The van der Waals surface area contributed by atoms with Crippen molar-refractivity contribution in [3.05, 3.63) is 31.9 Å². The monoisotopic (exact) mass is 323 g/mol. The van der Waals surface area contributed by atoms with Crippen molar-refractivity contribution >= 4 is 28.6 Å². The van der Waals surface area contributed by atoms with Gasteiger partial charge in [0.1, 0.15) is 10.0 Å². The van der Waals surface area contributed by atoms with Gasteiger partial charge in [-0.2, -0.15) is 0 Å². The Balaban J connectivity index is 1.57. The van der Waals surface area contributed by atoms with Gasteiger partial charge in [0.15, 0.2) is 0 Å². The molecule has 112 valence electrons. The number of hydrogen-bond donors (Lipinski definition) is 1. The van der Waals surface area contributed by atoms with E-state index >= 15 is 0 Å². The normalized spacial score (nSPS) is 18.0. The number of amides is 1. The molecule has 0 unspecified atom stereocenters. The summed E-state index contributed by atoms with van der Waals surface area (Å²) >= 11 is 3.06. The first-order valence-corrected chi connectivity index (χ1v) is 8.70. The second kappa shape index (κ2) is 6.64. The fraction of sp³-hybridized carbons (Fsp3) is 0.500. The molecule has 5 nitrogen and oxygen atoms in total. The summed E-state index contributed by atoms with van der Waals surface area (Å²) in [6, 6.07) is 3.87. The van der Waals surface area contributed by atoms with E-state index in [2.05, 4.69) is 15.5 Å². The molecule has 1 aliphatic rings. The molecule has 1 N–H and O–H groups in total. The molecule has 0 bridgehead atoms. The van der Waals surface area contributed by atoms with Gasteiger partial charge in [-0.25, -0.2) is 0 Å². The number of nitrogens with one attached hydrogen (secondary N) is 1. The van der Waals surface area contributed by atoms with E-state index < -0.39 is 0 Å². The molecule has 1 atom stereocenters. The standard InChI is InChI=1S/C14H17N3O2S2/c1-2-12-16-17-13(21-12)8-15-14(18)11-6-5-10(20-11)9-4-3-7-19-9/h5-6,9H,2-4,7-8H2,1H3,(H,15,18)/t9-/m1/s1. The number of nitrogens with zero attached hydrogens (tertiary/aromatic N) is 2. The first-order valence-electron chi connectivity index (χ1n) is 7.07. The van der Waals surface area contributed by atoms with Crippen LogP contribution in [0.25, 0.3) is 0 Å². The molecule has 0 spiro atoms. The van der Waals surface area contributed by atoms with Gasteiger partial charge in [-0.3, -0.25) is 4.79 Å². The summed E-state index contributed by atoms with van der Waals surface area (Å²) in [7, 11) is 0. The molecule has 1 aliphatic heterocycles. The molecule has 0 aromatic carbocycles. The van der Waals surface area contributed by atoms with Crippen molar-refractivity contribution in [3.8, 4) is 0 Å². The minimum absolute atomic E-state index is 0.0579. The maximum absolute atomic E-state index is 12.1. The van der Waals surface area contributed by atoms with Gasteiger partial charge < -0.3 is 10.1 Å². The molecule has 2 aromatic rings. The Kier molecular flexibility index (Phi) is 4.62. The van der Waals surface area contributed by atoms with Gasteiger partial charge >= 0.3 is 0 Å². The summed E-state index contributed by atoms with van der Waals surface area (Å²) in [4.78, 5) is 14.0. The van der Waals surface area contributed by atoms with Gasteiger partial charge in [0.05, 0.1) is 17.5 Å². The number of hydrogen-bond acceptors (Lipinski definition) is 6. The van der Waals surface area contributed by atoms with E-state index in [-0.39, 0.29) is 12.0 Å². The lowest BCUT2D eigenvalue weighted by Crippen LogP contribution is -2.21. The van der Waals surface area contributed by atoms with Crippen LogP contribution in [0.15, 0.2) is 12.1 Å². The molecule has 2 aromatic heterocycles. The third kappa shape index (κ3) is 3.48. The van der Waals surface area contributed by atoms with Crippen LogP contribution in [0.1, 0.15) is 50.4 Å². The fourth-order valence-corrected chi connectivity index (χ4v) is 3.93. The Morgan fingerprint density at radius 1 is 1.38 bits per heavy atom. The number of aryl methyl sites for hydroxylation is 1. The SMILES string of the molecule is CCc1nnc(CNC(=O)c2ccc([C@H]3CCCO3)s2)s1. The van der Waals surface area contributed by atoms with Crippen LogP contribution in [-0.4, -0.2) is 22.7 Å². The molecule has 1 amide bonds. The van der Waals surface area contributed by atoms with Crippen LogP contribution >= 0.6 is 22.7 Å². The average molecular weight is 323 g/mol. The molecule has 1 fully saturated rings. The first kappa shape index (κ1) is 14.6. The molecular formula is C14H17N3O2S2. The molecule has 0 aliphatic carbocycles. The Hall–Kier alpha value is -1.31. The van der Waals surface area contributed by atoms with E-state index in [0.717, 1.165) is 45.6 Å². The summed E-state index contributed by atoms with van der Waals surface area (Å²) in [6.45, 7) is 3.30. The summed E-state index contributed by atoms with van der Waals surface area (Å²) in [5, 5.41) is 12.8. The average Bonchev–Trinajstić information content (AvgIpc) is 3.24. The topological polar surface area (TPSA) is 64.1 Å². The predicted molar refractivity (Wildman–Crippen MR) is 82.7 cm³/mol. The van der Waals surface area contributed by atoms with Gasteiger partial charge in [-0.15, -0.1) is 21.5 Å². The van der Waals surface area contributed by atoms with Gasteiger partial charge in [-0.1, -0.05) is 18.3 Å². The van der Waals surface area contributed by atoms with Gasteiger partial charge in [0.25, 0.3) is 5.91 Å². The largest absolute Gasteiger partial charge is 0.373 e. The van der Waals surface area contributed by atoms with E-state index in [1.54, 1.807) is 11.3 Å². The van der Waals surface area contributed by atoms with Gasteiger partial charge in [0.2, 0.25) is 0 Å². The van der Waals surface area contributed by atoms with Crippen LogP contribution in [0, 0.1) is 0 Å². The van der Waals surface area contributed by atoms with Crippen molar-refractivity contribution in [1.82, 2.24) is 15.5 Å². The highest BCUT2D eigenvalue weighted by Gasteiger charge is 2.20. The van der Waals surface area contributed by atoms with E-state index in [1.165, 1.54) is 11.3 Å². The maximum Gasteiger partial charge on any atom is 0.261 e. The van der Waals surface area contributed by atoms with Crippen molar-refractivity contribution in [2.24, 2.45) is 0 Å². The van der Waals surface area contributed by atoms with Crippen LogP contribution in [0.2, 0.25) is 0 Å². The van der Waals surface area contributed by atoms with Crippen LogP contribution in [0.3, 0.4) is 0 Å². The van der Waals surface area contributed by atoms with Crippen molar-refractivity contribution in [1.29, 1.82) is 0 Å². The minimum atomic E-state index is -0.0579. The molecule has 0 saturated carbocycles. The lowest BCUT2D eigenvalue weighted by Gasteiger charge is -2.05. The Bertz CT molecular complexity index is 617. The Labute approximate surface area is 131 Å². The molecule has 21 heavy (non-hydrogen) atoms. The highest BCUT2D eigenvalue weighted by Crippen LogP contribution is 2.33. The number of aromatic nitrogens is 2. The van der Waals surface area contributed by atoms with Crippen LogP contribution in [0.5, 0.6) is 0 Å². The number of thiophene rings is 1. The van der Waals surface area contributed by atoms with Crippen molar-refractivity contribution < 1.29 is 9.53 Å². The third-order valence-corrected chi connectivity index (χ3v) is 5.55. The molecule has 3 heterocycles. The van der Waals surface area contributed by atoms with Crippen LogP contribution < -0.4 is 5.32 Å². The van der Waals surface area contributed by atoms with Crippen molar-refractivity contribution in [2.45, 2.75) is 38.8 Å². The quantitative estimate of drug-likeness (QED) is 0.919. The zero-order chi connectivity index (χ0) is 14.7. The van der Waals surface area contributed by atoms with E-state index in [4.69, 9.17) is 4.74 Å². The number of carbonyl (C=O) groups is 1. The lowest BCUT2D eigenvalue weighted by molar-refractivity contribution is 0.0955. The molecule has 1 saturated heterocycles. The third-order valence-electron chi connectivity index (χ3n) is 3.31. The zero-order valence-corrected chi connectivity index (χ0v) is 13.4. The number of ether oxygens (including phenoxy) is 1. The summed E-state index contributed by atoms with van der Waals surface area (Å²) < 4.78 is 5.64. The van der Waals surface area contributed by atoms with E-state index in [0.29, 0.717) is 6.54 Å². The highest BCUT2D eigenvalue weighted by atomic mass is 32.1.